The van der Waals surface area contributed by atoms with Gasteiger partial charge in [-0.3, -0.25) is 4.72 Å². The Balaban J connectivity index is 2.16. The molecule has 10 heteroatoms. The number of thiophene rings is 1. The van der Waals surface area contributed by atoms with Crippen LogP contribution in [0.2, 0.25) is 0 Å². The van der Waals surface area contributed by atoms with Crippen LogP contribution in [0, 0.1) is 0 Å². The lowest BCUT2D eigenvalue weighted by Crippen LogP contribution is -2.16. The number of benzene rings is 1. The zero-order valence-corrected chi connectivity index (χ0v) is 15.6. The Bertz CT molecular complexity index is 968. The van der Waals surface area contributed by atoms with Crippen molar-refractivity contribution in [2.75, 3.05) is 35.8 Å². The minimum atomic E-state index is -3.80. The van der Waals surface area contributed by atoms with E-state index < -0.39 is 16.0 Å². The van der Waals surface area contributed by atoms with E-state index in [4.69, 9.17) is 9.84 Å². The van der Waals surface area contributed by atoms with Crippen molar-refractivity contribution in [3.8, 4) is 5.75 Å². The summed E-state index contributed by atoms with van der Waals surface area (Å²) in [4.78, 5) is 12.8. The molecule has 0 spiro atoms. The van der Waals surface area contributed by atoms with E-state index in [2.05, 4.69) is 10.0 Å². The number of anilines is 3. The Morgan fingerprint density at radius 1 is 1.50 bits per heavy atom. The zero-order valence-electron chi connectivity index (χ0n) is 14.0. The fraction of sp³-hybridized carbons (Fsp3) is 0.188. The molecule has 8 nitrogen and oxygen atoms in total. The Morgan fingerprint density at radius 3 is 2.88 bits per heavy atom. The van der Waals surface area contributed by atoms with Gasteiger partial charge in [-0.2, -0.15) is 0 Å². The number of hydrogen-bond acceptors (Lipinski definition) is 7. The minimum Gasteiger partial charge on any atom is -0.494 e. The fourth-order valence-electron chi connectivity index (χ4n) is 2.64. The summed E-state index contributed by atoms with van der Waals surface area (Å²) in [6.45, 7) is 0.523. The van der Waals surface area contributed by atoms with Crippen LogP contribution in [0.3, 0.4) is 0 Å². The fourth-order valence-corrected chi connectivity index (χ4v) is 4.71. The van der Waals surface area contributed by atoms with Crippen LogP contribution < -0.4 is 19.7 Å². The van der Waals surface area contributed by atoms with Crippen LogP contribution in [0.5, 0.6) is 5.75 Å². The highest BCUT2D eigenvalue weighted by Gasteiger charge is 2.26. The monoisotopic (exact) mass is 395 g/mol. The van der Waals surface area contributed by atoms with Crippen LogP contribution in [-0.2, 0) is 14.8 Å². The molecule has 1 aromatic carbocycles. The summed E-state index contributed by atoms with van der Waals surface area (Å²) >= 11 is 1.09. The Morgan fingerprint density at radius 2 is 2.27 bits per heavy atom. The average molecular weight is 395 g/mol. The normalized spacial score (nSPS) is 13.5. The van der Waals surface area contributed by atoms with Crippen molar-refractivity contribution in [3.05, 3.63) is 35.2 Å². The highest BCUT2D eigenvalue weighted by atomic mass is 32.2. The number of aliphatic carboxylic acids is 1. The molecule has 0 amide bonds. The smallest absolute Gasteiger partial charge is 0.328 e. The number of nitrogens with one attached hydrogen (secondary N) is 2. The van der Waals surface area contributed by atoms with Crippen molar-refractivity contribution in [1.29, 1.82) is 0 Å². The first kappa shape index (κ1) is 18.1. The van der Waals surface area contributed by atoms with Crippen LogP contribution in [0.25, 0.3) is 6.08 Å². The Hall–Kier alpha value is -2.72. The molecule has 2 heterocycles. The van der Waals surface area contributed by atoms with Crippen molar-refractivity contribution in [1.82, 2.24) is 0 Å². The van der Waals surface area contributed by atoms with Crippen LogP contribution in [0.1, 0.15) is 5.56 Å². The van der Waals surface area contributed by atoms with Gasteiger partial charge in [0.2, 0.25) is 0 Å². The summed E-state index contributed by atoms with van der Waals surface area (Å²) in [6.07, 6.45) is 2.25. The molecule has 0 unspecified atom stereocenters. The summed E-state index contributed by atoms with van der Waals surface area (Å²) in [7, 11) is -0.499. The number of carboxylic acids is 1. The van der Waals surface area contributed by atoms with Gasteiger partial charge in [-0.15, -0.1) is 11.3 Å². The number of rotatable bonds is 6. The summed E-state index contributed by atoms with van der Waals surface area (Å²) in [5.41, 5.74) is 2.00. The number of hydrogen-bond donors (Lipinski definition) is 3. The molecular weight excluding hydrogens is 378 g/mol. The predicted octanol–water partition coefficient (Wildman–Crippen LogP) is 2.47. The lowest BCUT2D eigenvalue weighted by atomic mass is 10.1. The molecular formula is C16H17N3O5S2. The van der Waals surface area contributed by atoms with Crippen LogP contribution in [0.15, 0.2) is 33.9 Å². The molecule has 1 aromatic heterocycles. The molecule has 3 N–H and O–H groups in total. The Labute approximate surface area is 154 Å². The molecule has 2 aromatic rings. The van der Waals surface area contributed by atoms with E-state index in [1.165, 1.54) is 19.3 Å². The average Bonchev–Trinajstić information content (AvgIpc) is 3.23. The third-order valence-electron chi connectivity index (χ3n) is 3.80. The van der Waals surface area contributed by atoms with Gasteiger partial charge in [0, 0.05) is 18.7 Å². The van der Waals surface area contributed by atoms with Gasteiger partial charge in [0.15, 0.2) is 5.75 Å². The highest BCUT2D eigenvalue weighted by Crippen LogP contribution is 2.46. The second-order valence-electron chi connectivity index (χ2n) is 5.51. The van der Waals surface area contributed by atoms with E-state index in [9.17, 15) is 13.2 Å². The summed E-state index contributed by atoms with van der Waals surface area (Å²) in [6, 6.07) is 4.80. The second kappa shape index (κ2) is 6.89. The van der Waals surface area contributed by atoms with Gasteiger partial charge >= 0.3 is 5.97 Å². The van der Waals surface area contributed by atoms with Gasteiger partial charge < -0.3 is 20.1 Å². The molecule has 0 fully saturated rings. The molecule has 1 aliphatic rings. The molecule has 0 saturated carbocycles. The molecule has 0 saturated heterocycles. The van der Waals surface area contributed by atoms with E-state index in [-0.39, 0.29) is 9.90 Å². The SMILES string of the molecule is COc1c(/C=C/C(=O)O)c(NS(=O)(=O)c2cccs2)cc2c1NCN2C. The van der Waals surface area contributed by atoms with Crippen molar-refractivity contribution in [3.63, 3.8) is 0 Å². The number of nitrogens with zero attached hydrogens (tertiary/aromatic N) is 1. The summed E-state index contributed by atoms with van der Waals surface area (Å²) in [5.74, 6) is -0.780. The van der Waals surface area contributed by atoms with E-state index in [0.717, 1.165) is 23.1 Å². The van der Waals surface area contributed by atoms with Gasteiger partial charge in [0.1, 0.15) is 9.90 Å². The first-order valence-corrected chi connectivity index (χ1v) is 9.87. The number of carboxylic acid groups (broad SMARTS) is 1. The number of sulfonamides is 1. The van der Waals surface area contributed by atoms with Gasteiger partial charge in [-0.05, 0) is 23.6 Å². The maximum absolute atomic E-state index is 12.6. The largest absolute Gasteiger partial charge is 0.494 e. The van der Waals surface area contributed by atoms with Crippen LogP contribution in [-0.4, -0.2) is 40.3 Å². The minimum absolute atomic E-state index is 0.164. The van der Waals surface area contributed by atoms with Crippen molar-refractivity contribution in [2.24, 2.45) is 0 Å². The van der Waals surface area contributed by atoms with Crippen molar-refractivity contribution < 1.29 is 23.1 Å². The topological polar surface area (TPSA) is 108 Å². The Kier molecular flexibility index (Phi) is 4.79. The van der Waals surface area contributed by atoms with E-state index in [1.54, 1.807) is 17.5 Å². The van der Waals surface area contributed by atoms with Gasteiger partial charge in [0.25, 0.3) is 10.0 Å². The van der Waals surface area contributed by atoms with E-state index in [1.807, 2.05) is 11.9 Å². The lowest BCUT2D eigenvalue weighted by Gasteiger charge is -2.18. The third-order valence-corrected chi connectivity index (χ3v) is 6.57. The second-order valence-corrected chi connectivity index (χ2v) is 8.36. The quantitative estimate of drug-likeness (QED) is 0.645. The standard InChI is InChI=1S/C16H17N3O5S2/c1-19-9-17-15-12(19)8-11(10(16(15)24-2)5-6-13(20)21)18-26(22,23)14-4-3-7-25-14/h3-8,17-18H,9H2,1-2H3,(H,20,21)/b6-5+. The van der Waals surface area contributed by atoms with Gasteiger partial charge in [0.05, 0.1) is 25.2 Å². The number of carbonyl (C=O) groups is 1. The molecule has 1 aliphatic heterocycles. The molecule has 3 rings (SSSR count). The third kappa shape index (κ3) is 3.33. The molecule has 0 atom stereocenters. The van der Waals surface area contributed by atoms with Crippen LogP contribution in [0.4, 0.5) is 17.1 Å². The summed E-state index contributed by atoms with van der Waals surface area (Å²) < 4.78 is 33.4. The maximum atomic E-state index is 12.6. The predicted molar refractivity (Wildman–Crippen MR) is 102 cm³/mol. The van der Waals surface area contributed by atoms with Crippen LogP contribution >= 0.6 is 11.3 Å². The summed E-state index contributed by atoms with van der Waals surface area (Å²) in [5, 5.41) is 13.8. The lowest BCUT2D eigenvalue weighted by molar-refractivity contribution is -0.131. The maximum Gasteiger partial charge on any atom is 0.328 e. The van der Waals surface area contributed by atoms with Crippen molar-refractivity contribution in [2.45, 2.75) is 4.21 Å². The number of methoxy groups -OCH3 is 1. The molecule has 0 radical (unpaired) electrons. The highest BCUT2D eigenvalue weighted by molar-refractivity contribution is 7.94. The van der Waals surface area contributed by atoms with Gasteiger partial charge in [-0.1, -0.05) is 6.07 Å². The molecule has 0 aliphatic carbocycles. The van der Waals surface area contributed by atoms with E-state index in [0.29, 0.717) is 23.7 Å². The first-order chi connectivity index (χ1) is 12.3. The van der Waals surface area contributed by atoms with Crippen molar-refractivity contribution >= 4 is 50.5 Å². The number of fused-ring (bicyclic) bond motifs is 1. The van der Waals surface area contributed by atoms with E-state index >= 15 is 0 Å². The molecule has 0 bridgehead atoms. The molecule has 26 heavy (non-hydrogen) atoms. The number of ether oxygens (including phenoxy) is 1. The molecule has 138 valence electrons. The zero-order chi connectivity index (χ0) is 18.9. The van der Waals surface area contributed by atoms with Gasteiger partial charge in [-0.25, -0.2) is 13.2 Å². The first-order valence-electron chi connectivity index (χ1n) is 7.51.